The number of hydrogen-bond acceptors (Lipinski definition) is 5. The summed E-state index contributed by atoms with van der Waals surface area (Å²) < 4.78 is 10.4. The van der Waals surface area contributed by atoms with Gasteiger partial charge in [0.2, 0.25) is 0 Å². The van der Waals surface area contributed by atoms with Crippen molar-refractivity contribution in [3.05, 3.63) is 24.4 Å². The molecule has 0 unspecified atom stereocenters. The summed E-state index contributed by atoms with van der Waals surface area (Å²) in [7, 11) is 1.41. The van der Waals surface area contributed by atoms with E-state index >= 15 is 0 Å². The van der Waals surface area contributed by atoms with Crippen LogP contribution in [0.25, 0.3) is 0 Å². The van der Waals surface area contributed by atoms with Crippen LogP contribution in [0.5, 0.6) is 0 Å². The summed E-state index contributed by atoms with van der Waals surface area (Å²) in [6.07, 6.45) is 4.09. The third-order valence-corrected chi connectivity index (χ3v) is 4.08. The lowest BCUT2D eigenvalue weighted by Crippen LogP contribution is -2.46. The van der Waals surface area contributed by atoms with E-state index in [4.69, 9.17) is 9.47 Å². The molecule has 0 saturated heterocycles. The van der Waals surface area contributed by atoms with Gasteiger partial charge in [0, 0.05) is 12.2 Å². The summed E-state index contributed by atoms with van der Waals surface area (Å²) in [4.78, 5) is 30.3. The predicted molar refractivity (Wildman–Crippen MR) is 90.7 cm³/mol. The summed E-state index contributed by atoms with van der Waals surface area (Å²) in [6, 6.07) is 5.43. The van der Waals surface area contributed by atoms with Crippen LogP contribution in [0.2, 0.25) is 0 Å². The van der Waals surface area contributed by atoms with Crippen LogP contribution in [0.1, 0.15) is 46.5 Å². The lowest BCUT2D eigenvalue weighted by Gasteiger charge is -2.36. The number of nitrogens with zero attached hydrogens (tertiary/aromatic N) is 2. The van der Waals surface area contributed by atoms with Gasteiger partial charge in [-0.05, 0) is 58.6 Å². The Hall–Kier alpha value is -2.11. The summed E-state index contributed by atoms with van der Waals surface area (Å²) in [5.41, 5.74) is -0.576. The number of aromatic nitrogens is 1. The first-order valence-corrected chi connectivity index (χ1v) is 8.33. The molecule has 2 rings (SSSR count). The molecule has 1 heterocycles. The minimum absolute atomic E-state index is 0.0318. The van der Waals surface area contributed by atoms with Gasteiger partial charge in [0.1, 0.15) is 11.4 Å². The number of anilines is 1. The van der Waals surface area contributed by atoms with Crippen LogP contribution in [-0.2, 0) is 14.3 Å². The topological polar surface area (TPSA) is 68.7 Å². The van der Waals surface area contributed by atoms with Gasteiger partial charge in [0.15, 0.2) is 0 Å². The van der Waals surface area contributed by atoms with Crippen molar-refractivity contribution < 1.29 is 19.1 Å². The standard InChI is InChI=1S/C18H26N2O4/c1-18(2,3)24-17(22)20(15-7-5-6-12-19-15)14-10-8-13(9-11-14)16(21)23-4/h5-7,12-14H,8-11H2,1-4H3. The number of carbonyl (C=O) groups excluding carboxylic acids is 2. The van der Waals surface area contributed by atoms with Crippen LogP contribution in [0.3, 0.4) is 0 Å². The number of methoxy groups -OCH3 is 1. The Morgan fingerprint density at radius 3 is 2.33 bits per heavy atom. The number of amides is 1. The van der Waals surface area contributed by atoms with Gasteiger partial charge in [-0.3, -0.25) is 9.69 Å². The van der Waals surface area contributed by atoms with Crippen LogP contribution >= 0.6 is 0 Å². The third kappa shape index (κ3) is 4.69. The van der Waals surface area contributed by atoms with E-state index in [0.29, 0.717) is 18.7 Å². The molecule has 0 aliphatic heterocycles. The quantitative estimate of drug-likeness (QED) is 0.791. The van der Waals surface area contributed by atoms with Crippen LogP contribution < -0.4 is 4.90 Å². The van der Waals surface area contributed by atoms with Gasteiger partial charge in [0.25, 0.3) is 0 Å². The Balaban J connectivity index is 2.15. The fourth-order valence-electron chi connectivity index (χ4n) is 2.97. The lowest BCUT2D eigenvalue weighted by molar-refractivity contribution is -0.146. The van der Waals surface area contributed by atoms with Crippen LogP contribution in [0.4, 0.5) is 10.6 Å². The van der Waals surface area contributed by atoms with Crippen molar-refractivity contribution >= 4 is 17.9 Å². The maximum Gasteiger partial charge on any atom is 0.416 e. The molecular formula is C18H26N2O4. The fraction of sp³-hybridized carbons (Fsp3) is 0.611. The van der Waals surface area contributed by atoms with Crippen molar-refractivity contribution in [2.75, 3.05) is 12.0 Å². The molecule has 132 valence electrons. The van der Waals surface area contributed by atoms with Crippen molar-refractivity contribution in [3.8, 4) is 0 Å². The van der Waals surface area contributed by atoms with Crippen LogP contribution in [0, 0.1) is 5.92 Å². The van der Waals surface area contributed by atoms with Crippen molar-refractivity contribution in [3.63, 3.8) is 0 Å². The molecule has 0 spiro atoms. The number of esters is 1. The van der Waals surface area contributed by atoms with Gasteiger partial charge in [-0.2, -0.15) is 0 Å². The Morgan fingerprint density at radius 1 is 1.17 bits per heavy atom. The van der Waals surface area contributed by atoms with Gasteiger partial charge in [-0.15, -0.1) is 0 Å². The smallest absolute Gasteiger partial charge is 0.416 e. The summed E-state index contributed by atoms with van der Waals surface area (Å²) in [5, 5.41) is 0. The minimum atomic E-state index is -0.576. The normalized spacial score (nSPS) is 21.0. The highest BCUT2D eigenvalue weighted by molar-refractivity contribution is 5.87. The lowest BCUT2D eigenvalue weighted by atomic mass is 9.85. The van der Waals surface area contributed by atoms with Crippen molar-refractivity contribution in [2.24, 2.45) is 5.92 Å². The van der Waals surface area contributed by atoms with E-state index < -0.39 is 11.7 Å². The monoisotopic (exact) mass is 334 g/mol. The number of ether oxygens (including phenoxy) is 2. The summed E-state index contributed by atoms with van der Waals surface area (Å²) in [5.74, 6) is 0.318. The number of hydrogen-bond donors (Lipinski definition) is 0. The Bertz CT molecular complexity index is 560. The highest BCUT2D eigenvalue weighted by Gasteiger charge is 2.35. The van der Waals surface area contributed by atoms with E-state index in [0.717, 1.165) is 12.8 Å². The maximum absolute atomic E-state index is 12.7. The second-order valence-corrected chi connectivity index (χ2v) is 7.07. The molecule has 1 aromatic heterocycles. The zero-order valence-corrected chi connectivity index (χ0v) is 14.8. The second kappa shape index (κ2) is 7.64. The number of carbonyl (C=O) groups is 2. The molecule has 24 heavy (non-hydrogen) atoms. The average molecular weight is 334 g/mol. The largest absolute Gasteiger partial charge is 0.469 e. The van der Waals surface area contributed by atoms with Crippen molar-refractivity contribution in [1.29, 1.82) is 0 Å². The molecule has 1 saturated carbocycles. The first-order chi connectivity index (χ1) is 11.3. The Labute approximate surface area is 143 Å². The van der Waals surface area contributed by atoms with E-state index in [1.807, 2.05) is 32.9 Å². The molecule has 0 atom stereocenters. The molecule has 1 fully saturated rings. The van der Waals surface area contributed by atoms with Crippen molar-refractivity contribution in [1.82, 2.24) is 4.98 Å². The van der Waals surface area contributed by atoms with Gasteiger partial charge in [0.05, 0.1) is 13.0 Å². The zero-order valence-electron chi connectivity index (χ0n) is 14.8. The molecule has 1 aliphatic carbocycles. The molecule has 0 aromatic carbocycles. The zero-order chi connectivity index (χ0) is 17.7. The molecule has 1 amide bonds. The van der Waals surface area contributed by atoms with Gasteiger partial charge >= 0.3 is 12.1 Å². The predicted octanol–water partition coefficient (Wildman–Crippen LogP) is 3.55. The van der Waals surface area contributed by atoms with E-state index in [1.165, 1.54) is 7.11 Å². The highest BCUT2D eigenvalue weighted by Crippen LogP contribution is 2.31. The SMILES string of the molecule is COC(=O)C1CCC(N(C(=O)OC(C)(C)C)c2ccccn2)CC1. The van der Waals surface area contributed by atoms with Crippen LogP contribution in [-0.4, -0.2) is 35.8 Å². The Morgan fingerprint density at radius 2 is 1.83 bits per heavy atom. The van der Waals surface area contributed by atoms with Gasteiger partial charge < -0.3 is 9.47 Å². The molecule has 0 bridgehead atoms. The summed E-state index contributed by atoms with van der Waals surface area (Å²) >= 11 is 0. The molecule has 1 aliphatic rings. The van der Waals surface area contributed by atoms with Crippen molar-refractivity contribution in [2.45, 2.75) is 58.1 Å². The maximum atomic E-state index is 12.7. The average Bonchev–Trinajstić information content (AvgIpc) is 2.54. The van der Waals surface area contributed by atoms with Crippen LogP contribution in [0.15, 0.2) is 24.4 Å². The molecular weight excluding hydrogens is 308 g/mol. The molecule has 0 N–H and O–H groups in total. The van der Waals surface area contributed by atoms with E-state index in [1.54, 1.807) is 17.2 Å². The molecule has 6 nitrogen and oxygen atoms in total. The fourth-order valence-corrected chi connectivity index (χ4v) is 2.97. The van der Waals surface area contributed by atoms with E-state index in [-0.39, 0.29) is 17.9 Å². The van der Waals surface area contributed by atoms with Gasteiger partial charge in [-0.25, -0.2) is 9.78 Å². The number of pyridine rings is 1. The molecule has 0 radical (unpaired) electrons. The van der Waals surface area contributed by atoms with E-state index in [2.05, 4.69) is 4.98 Å². The summed E-state index contributed by atoms with van der Waals surface area (Å²) in [6.45, 7) is 5.53. The first kappa shape index (κ1) is 18.2. The van der Waals surface area contributed by atoms with E-state index in [9.17, 15) is 9.59 Å². The third-order valence-electron chi connectivity index (χ3n) is 4.08. The first-order valence-electron chi connectivity index (χ1n) is 8.33. The molecule has 6 heteroatoms. The second-order valence-electron chi connectivity index (χ2n) is 7.07. The number of rotatable bonds is 3. The highest BCUT2D eigenvalue weighted by atomic mass is 16.6. The van der Waals surface area contributed by atoms with Gasteiger partial charge in [-0.1, -0.05) is 6.07 Å². The minimum Gasteiger partial charge on any atom is -0.469 e. The molecule has 1 aromatic rings. The Kier molecular flexibility index (Phi) is 5.80.